The highest BCUT2D eigenvalue weighted by Gasteiger charge is 2.29. The molecule has 3 N–H and O–H groups in total. The molecule has 2 heterocycles. The zero-order chi connectivity index (χ0) is 19.6. The van der Waals surface area contributed by atoms with Crippen LogP contribution in [0.1, 0.15) is 52.4 Å². The molecule has 0 aromatic rings. The van der Waals surface area contributed by atoms with E-state index in [-0.39, 0.29) is 24.0 Å². The van der Waals surface area contributed by atoms with Gasteiger partial charge in [0.15, 0.2) is 0 Å². The van der Waals surface area contributed by atoms with Crippen LogP contribution in [0.4, 0.5) is 4.79 Å². The number of likely N-dealkylation sites (tertiary alicyclic amines) is 2. The first-order valence-corrected chi connectivity index (χ1v) is 10.6. The SMILES string of the molecule is CC(C)CNC(=O)N1CCCC(CC(=O)N2CCC(OCCCN)CC2)C1. The number of nitrogens with two attached hydrogens (primary N) is 1. The van der Waals surface area contributed by atoms with Crippen LogP contribution in [-0.4, -0.2) is 73.7 Å². The predicted molar refractivity (Wildman–Crippen MR) is 106 cm³/mol. The molecule has 0 aromatic carbocycles. The zero-order valence-electron chi connectivity index (χ0n) is 17.1. The Morgan fingerprint density at radius 2 is 1.89 bits per heavy atom. The number of amides is 3. The summed E-state index contributed by atoms with van der Waals surface area (Å²) in [6.45, 7) is 9.27. The summed E-state index contributed by atoms with van der Waals surface area (Å²) in [5.74, 6) is 0.942. The summed E-state index contributed by atoms with van der Waals surface area (Å²) in [5, 5.41) is 2.98. The van der Waals surface area contributed by atoms with Crippen molar-refractivity contribution < 1.29 is 14.3 Å². The molecule has 7 nitrogen and oxygen atoms in total. The van der Waals surface area contributed by atoms with Gasteiger partial charge in [-0.05, 0) is 50.5 Å². The van der Waals surface area contributed by atoms with Gasteiger partial charge in [-0.3, -0.25) is 4.79 Å². The molecule has 0 aliphatic carbocycles. The second kappa shape index (κ2) is 11.5. The van der Waals surface area contributed by atoms with Crippen molar-refractivity contribution in [3.63, 3.8) is 0 Å². The number of ether oxygens (including phenoxy) is 1. The molecule has 2 fully saturated rings. The highest BCUT2D eigenvalue weighted by Crippen LogP contribution is 2.22. The maximum atomic E-state index is 12.7. The van der Waals surface area contributed by atoms with Crippen molar-refractivity contribution in [1.82, 2.24) is 15.1 Å². The molecule has 1 unspecified atom stereocenters. The Hall–Kier alpha value is -1.34. The Labute approximate surface area is 164 Å². The van der Waals surface area contributed by atoms with Gasteiger partial charge < -0.3 is 25.6 Å². The Morgan fingerprint density at radius 1 is 1.15 bits per heavy atom. The van der Waals surface area contributed by atoms with Gasteiger partial charge >= 0.3 is 6.03 Å². The maximum Gasteiger partial charge on any atom is 0.317 e. The predicted octanol–water partition coefficient (Wildman–Crippen LogP) is 1.81. The summed E-state index contributed by atoms with van der Waals surface area (Å²) in [6, 6.07) is 0.0105. The van der Waals surface area contributed by atoms with Crippen LogP contribution in [0.3, 0.4) is 0 Å². The van der Waals surface area contributed by atoms with E-state index in [0.29, 0.717) is 38.6 Å². The van der Waals surface area contributed by atoms with Crippen molar-refractivity contribution in [2.24, 2.45) is 17.6 Å². The average molecular weight is 383 g/mol. The summed E-state index contributed by atoms with van der Waals surface area (Å²) < 4.78 is 5.81. The number of hydrogen-bond donors (Lipinski definition) is 2. The minimum atomic E-state index is 0.0105. The van der Waals surface area contributed by atoms with Crippen LogP contribution in [0, 0.1) is 11.8 Å². The number of nitrogens with zero attached hydrogens (tertiary/aromatic N) is 2. The van der Waals surface area contributed by atoms with E-state index in [4.69, 9.17) is 10.5 Å². The first kappa shape index (κ1) is 22.0. The molecular weight excluding hydrogens is 344 g/mol. The fourth-order valence-electron chi connectivity index (χ4n) is 3.80. The van der Waals surface area contributed by atoms with E-state index in [9.17, 15) is 9.59 Å². The largest absolute Gasteiger partial charge is 0.378 e. The van der Waals surface area contributed by atoms with Gasteiger partial charge in [0, 0.05) is 45.8 Å². The van der Waals surface area contributed by atoms with Crippen molar-refractivity contribution in [2.75, 3.05) is 45.9 Å². The molecule has 2 aliphatic rings. The first-order chi connectivity index (χ1) is 13.0. The molecule has 1 atom stereocenters. The van der Waals surface area contributed by atoms with E-state index < -0.39 is 0 Å². The second-order valence-corrected chi connectivity index (χ2v) is 8.33. The van der Waals surface area contributed by atoms with Gasteiger partial charge in [-0.1, -0.05) is 13.8 Å². The topological polar surface area (TPSA) is 87.9 Å². The fraction of sp³-hybridized carbons (Fsp3) is 0.900. The lowest BCUT2D eigenvalue weighted by molar-refractivity contribution is -0.135. The summed E-state index contributed by atoms with van der Waals surface area (Å²) >= 11 is 0. The van der Waals surface area contributed by atoms with E-state index in [2.05, 4.69) is 19.2 Å². The highest BCUT2D eigenvalue weighted by molar-refractivity contribution is 5.77. The van der Waals surface area contributed by atoms with Crippen molar-refractivity contribution in [1.29, 1.82) is 0 Å². The van der Waals surface area contributed by atoms with E-state index >= 15 is 0 Å². The Bertz CT molecular complexity index is 464. The molecule has 0 saturated carbocycles. The molecule has 0 radical (unpaired) electrons. The van der Waals surface area contributed by atoms with Crippen LogP contribution in [-0.2, 0) is 9.53 Å². The molecule has 3 amide bonds. The van der Waals surface area contributed by atoms with E-state index in [0.717, 1.165) is 51.7 Å². The number of urea groups is 1. The lowest BCUT2D eigenvalue weighted by atomic mass is 9.94. The van der Waals surface area contributed by atoms with Crippen molar-refractivity contribution in [3.05, 3.63) is 0 Å². The summed E-state index contributed by atoms with van der Waals surface area (Å²) in [5.41, 5.74) is 5.49. The Kier molecular flexibility index (Phi) is 9.34. The second-order valence-electron chi connectivity index (χ2n) is 8.33. The molecule has 7 heteroatoms. The third-order valence-electron chi connectivity index (χ3n) is 5.43. The van der Waals surface area contributed by atoms with Crippen LogP contribution in [0.15, 0.2) is 0 Å². The summed E-state index contributed by atoms with van der Waals surface area (Å²) in [4.78, 5) is 28.8. The third-order valence-corrected chi connectivity index (χ3v) is 5.43. The molecule has 27 heavy (non-hydrogen) atoms. The van der Waals surface area contributed by atoms with Gasteiger partial charge in [0.05, 0.1) is 6.10 Å². The number of rotatable bonds is 8. The normalized spacial score (nSPS) is 21.6. The standard InChI is InChI=1S/C20H38N4O3/c1-16(2)14-22-20(26)24-9-3-5-17(15-24)13-19(25)23-10-6-18(7-11-23)27-12-4-8-21/h16-18H,3-15,21H2,1-2H3,(H,22,26). The van der Waals surface area contributed by atoms with Gasteiger partial charge in [0.25, 0.3) is 0 Å². The molecule has 2 saturated heterocycles. The van der Waals surface area contributed by atoms with Gasteiger partial charge in [0.1, 0.15) is 0 Å². The lowest BCUT2D eigenvalue weighted by Gasteiger charge is -2.35. The van der Waals surface area contributed by atoms with Crippen molar-refractivity contribution in [2.45, 2.75) is 58.5 Å². The smallest absolute Gasteiger partial charge is 0.317 e. The molecular formula is C20H38N4O3. The van der Waals surface area contributed by atoms with Crippen LogP contribution < -0.4 is 11.1 Å². The Balaban J connectivity index is 1.70. The minimum Gasteiger partial charge on any atom is -0.378 e. The monoisotopic (exact) mass is 382 g/mol. The fourth-order valence-corrected chi connectivity index (χ4v) is 3.80. The number of piperidine rings is 2. The summed E-state index contributed by atoms with van der Waals surface area (Å²) in [6.07, 6.45) is 5.52. The number of carbonyl (C=O) groups is 2. The van der Waals surface area contributed by atoms with E-state index in [1.54, 1.807) is 0 Å². The van der Waals surface area contributed by atoms with Crippen LogP contribution >= 0.6 is 0 Å². The van der Waals surface area contributed by atoms with Crippen LogP contribution in [0.25, 0.3) is 0 Å². The first-order valence-electron chi connectivity index (χ1n) is 10.6. The minimum absolute atomic E-state index is 0.0105. The summed E-state index contributed by atoms with van der Waals surface area (Å²) in [7, 11) is 0. The van der Waals surface area contributed by atoms with Gasteiger partial charge in [-0.25, -0.2) is 4.79 Å². The Morgan fingerprint density at radius 3 is 2.56 bits per heavy atom. The molecule has 2 aliphatic heterocycles. The maximum absolute atomic E-state index is 12.7. The van der Waals surface area contributed by atoms with E-state index in [1.807, 2.05) is 9.80 Å². The number of carbonyl (C=O) groups excluding carboxylic acids is 2. The van der Waals surface area contributed by atoms with Crippen molar-refractivity contribution in [3.8, 4) is 0 Å². The van der Waals surface area contributed by atoms with Crippen molar-refractivity contribution >= 4 is 11.9 Å². The quantitative estimate of drug-likeness (QED) is 0.627. The molecule has 0 spiro atoms. The number of hydrogen-bond acceptors (Lipinski definition) is 4. The third kappa shape index (κ3) is 7.66. The molecule has 0 aromatic heterocycles. The van der Waals surface area contributed by atoms with Crippen LogP contribution in [0.2, 0.25) is 0 Å². The number of nitrogens with one attached hydrogen (secondary N) is 1. The molecule has 156 valence electrons. The average Bonchev–Trinajstić information content (AvgIpc) is 2.67. The zero-order valence-corrected chi connectivity index (χ0v) is 17.1. The van der Waals surface area contributed by atoms with E-state index in [1.165, 1.54) is 0 Å². The lowest BCUT2D eigenvalue weighted by Crippen LogP contribution is -2.47. The highest BCUT2D eigenvalue weighted by atomic mass is 16.5. The molecule has 0 bridgehead atoms. The van der Waals surface area contributed by atoms with Gasteiger partial charge in [-0.15, -0.1) is 0 Å². The molecule has 2 rings (SSSR count). The van der Waals surface area contributed by atoms with Gasteiger partial charge in [0.2, 0.25) is 5.91 Å². The van der Waals surface area contributed by atoms with Crippen LogP contribution in [0.5, 0.6) is 0 Å². The van der Waals surface area contributed by atoms with Gasteiger partial charge in [-0.2, -0.15) is 0 Å².